The summed E-state index contributed by atoms with van der Waals surface area (Å²) in [5.74, 6) is 0.253. The first-order chi connectivity index (χ1) is 14.2. The van der Waals surface area contributed by atoms with E-state index in [4.69, 9.17) is 9.84 Å². The van der Waals surface area contributed by atoms with E-state index in [-0.39, 0.29) is 23.0 Å². The highest BCUT2D eigenvalue weighted by atomic mass is 32.2. The largest absolute Gasteiger partial charge is 0.465 e. The van der Waals surface area contributed by atoms with E-state index >= 15 is 0 Å². The molecule has 30 heavy (non-hydrogen) atoms. The fraction of sp³-hybridized carbons (Fsp3) is 0.429. The van der Waals surface area contributed by atoms with Gasteiger partial charge in [0.05, 0.1) is 24.6 Å². The molecule has 0 amide bonds. The zero-order chi connectivity index (χ0) is 21.9. The van der Waals surface area contributed by atoms with Crippen molar-refractivity contribution < 1.29 is 13.9 Å². The van der Waals surface area contributed by atoms with Crippen molar-refractivity contribution in [1.82, 2.24) is 24.5 Å². The summed E-state index contributed by atoms with van der Waals surface area (Å²) in [4.78, 5) is 11.7. The second kappa shape index (κ2) is 8.99. The van der Waals surface area contributed by atoms with E-state index in [9.17, 15) is 9.18 Å². The Hall–Kier alpha value is -2.68. The van der Waals surface area contributed by atoms with Crippen molar-refractivity contribution in [1.29, 1.82) is 0 Å². The highest BCUT2D eigenvalue weighted by Crippen LogP contribution is 2.29. The molecule has 2 aromatic heterocycles. The first-order valence-corrected chi connectivity index (χ1v) is 10.7. The fourth-order valence-electron chi connectivity index (χ4n) is 2.84. The Morgan fingerprint density at radius 2 is 1.90 bits per heavy atom. The van der Waals surface area contributed by atoms with Gasteiger partial charge in [-0.3, -0.25) is 9.48 Å². The Morgan fingerprint density at radius 1 is 1.20 bits per heavy atom. The van der Waals surface area contributed by atoms with E-state index in [2.05, 4.69) is 31.0 Å². The number of thioether (sulfide) groups is 1. The van der Waals surface area contributed by atoms with Crippen LogP contribution in [0.25, 0.3) is 11.5 Å². The third-order valence-corrected chi connectivity index (χ3v) is 5.48. The average molecular weight is 432 g/mol. The summed E-state index contributed by atoms with van der Waals surface area (Å²) < 4.78 is 22.0. The lowest BCUT2D eigenvalue weighted by molar-refractivity contribution is -0.139. The molecular weight excluding hydrogens is 405 g/mol. The molecule has 2 heterocycles. The third kappa shape index (κ3) is 5.08. The predicted molar refractivity (Wildman–Crippen MR) is 114 cm³/mol. The summed E-state index contributed by atoms with van der Waals surface area (Å²) in [7, 11) is 1.86. The maximum Gasteiger partial charge on any atom is 0.316 e. The van der Waals surface area contributed by atoms with Gasteiger partial charge in [-0.25, -0.2) is 4.39 Å². The van der Waals surface area contributed by atoms with Crippen LogP contribution in [0.5, 0.6) is 0 Å². The first kappa shape index (κ1) is 22.0. The minimum absolute atomic E-state index is 0.150. The Balaban J connectivity index is 1.93. The molecule has 160 valence electrons. The summed E-state index contributed by atoms with van der Waals surface area (Å²) in [5.41, 5.74) is 2.51. The predicted octanol–water partition coefficient (Wildman–Crippen LogP) is 3.82. The van der Waals surface area contributed by atoms with Gasteiger partial charge in [-0.1, -0.05) is 44.7 Å². The molecule has 0 atom stereocenters. The smallest absolute Gasteiger partial charge is 0.316 e. The van der Waals surface area contributed by atoms with Crippen molar-refractivity contribution in [2.75, 3.05) is 12.4 Å². The summed E-state index contributed by atoms with van der Waals surface area (Å²) in [6.45, 7) is 8.89. The summed E-state index contributed by atoms with van der Waals surface area (Å²) in [6, 6.07) is 8.38. The van der Waals surface area contributed by atoms with E-state index in [1.165, 1.54) is 23.9 Å². The van der Waals surface area contributed by atoms with Gasteiger partial charge in [0.15, 0.2) is 11.0 Å². The van der Waals surface area contributed by atoms with E-state index in [0.29, 0.717) is 24.1 Å². The van der Waals surface area contributed by atoms with Crippen LogP contribution in [0.1, 0.15) is 39.0 Å². The second-order valence-electron chi connectivity index (χ2n) is 7.91. The number of halogens is 1. The molecule has 0 aliphatic carbocycles. The summed E-state index contributed by atoms with van der Waals surface area (Å²) >= 11 is 1.28. The molecule has 0 saturated carbocycles. The maximum absolute atomic E-state index is 13.3. The SMILES string of the molecule is CCOC(=O)CSc1nnc(-c2cc(C(C)(C)C)nn2Cc2ccc(F)cc2)n1C. The lowest BCUT2D eigenvalue weighted by Gasteiger charge is -2.14. The molecule has 0 unspecified atom stereocenters. The standard InChI is InChI=1S/C21H26FN5O2S/c1-6-29-18(28)13-30-20-24-23-19(26(20)5)16-11-17(21(2,3)4)25-27(16)12-14-7-9-15(22)10-8-14/h7-11H,6,12-13H2,1-5H3. The Morgan fingerprint density at radius 3 is 2.53 bits per heavy atom. The number of hydrogen-bond acceptors (Lipinski definition) is 6. The number of aromatic nitrogens is 5. The lowest BCUT2D eigenvalue weighted by atomic mass is 9.92. The van der Waals surface area contributed by atoms with Crippen LogP contribution in [0.4, 0.5) is 4.39 Å². The number of benzene rings is 1. The first-order valence-electron chi connectivity index (χ1n) is 9.70. The second-order valence-corrected chi connectivity index (χ2v) is 8.85. The molecule has 9 heteroatoms. The molecule has 1 aromatic carbocycles. The van der Waals surface area contributed by atoms with Crippen molar-refractivity contribution in [2.45, 2.75) is 44.8 Å². The Labute approximate surface area is 179 Å². The van der Waals surface area contributed by atoms with Crippen molar-refractivity contribution in [2.24, 2.45) is 7.05 Å². The van der Waals surface area contributed by atoms with E-state index < -0.39 is 0 Å². The highest BCUT2D eigenvalue weighted by molar-refractivity contribution is 7.99. The number of hydrogen-bond donors (Lipinski definition) is 0. The summed E-state index contributed by atoms with van der Waals surface area (Å²) in [5, 5.41) is 14.0. The topological polar surface area (TPSA) is 74.8 Å². The van der Waals surface area contributed by atoms with Gasteiger partial charge in [0.2, 0.25) is 0 Å². The molecule has 0 N–H and O–H groups in total. The highest BCUT2D eigenvalue weighted by Gasteiger charge is 2.24. The van der Waals surface area contributed by atoms with Crippen LogP contribution < -0.4 is 0 Å². The number of carbonyl (C=O) groups is 1. The molecule has 0 fully saturated rings. The van der Waals surface area contributed by atoms with Crippen LogP contribution >= 0.6 is 11.8 Å². The Bertz CT molecular complexity index is 1020. The van der Waals surface area contributed by atoms with Gasteiger partial charge in [0.25, 0.3) is 0 Å². The molecule has 0 radical (unpaired) electrons. The van der Waals surface area contributed by atoms with Crippen LogP contribution in [0, 0.1) is 5.82 Å². The zero-order valence-electron chi connectivity index (χ0n) is 17.8. The number of esters is 1. The normalized spacial score (nSPS) is 11.7. The van der Waals surface area contributed by atoms with Crippen molar-refractivity contribution >= 4 is 17.7 Å². The maximum atomic E-state index is 13.3. The molecule has 3 aromatic rings. The molecule has 0 aliphatic rings. The van der Waals surface area contributed by atoms with Gasteiger partial charge in [0.1, 0.15) is 11.5 Å². The van der Waals surface area contributed by atoms with E-state index in [1.807, 2.05) is 22.4 Å². The van der Waals surface area contributed by atoms with Gasteiger partial charge in [-0.15, -0.1) is 10.2 Å². The molecule has 0 aliphatic heterocycles. The summed E-state index contributed by atoms with van der Waals surface area (Å²) in [6.07, 6.45) is 0. The minimum atomic E-state index is -0.288. The lowest BCUT2D eigenvalue weighted by Crippen LogP contribution is -2.13. The van der Waals surface area contributed by atoms with Crippen molar-refractivity contribution in [3.05, 3.63) is 47.4 Å². The number of rotatable bonds is 7. The molecule has 0 spiro atoms. The fourth-order valence-corrected chi connectivity index (χ4v) is 3.55. The van der Waals surface area contributed by atoms with Crippen LogP contribution in [-0.4, -0.2) is 42.9 Å². The Kier molecular flexibility index (Phi) is 6.60. The monoisotopic (exact) mass is 431 g/mol. The van der Waals surface area contributed by atoms with E-state index in [0.717, 1.165) is 17.0 Å². The molecule has 0 bridgehead atoms. The average Bonchev–Trinajstić information content (AvgIpc) is 3.25. The molecule has 0 saturated heterocycles. The van der Waals surface area contributed by atoms with Gasteiger partial charge >= 0.3 is 5.97 Å². The third-order valence-electron chi connectivity index (χ3n) is 4.48. The van der Waals surface area contributed by atoms with Gasteiger partial charge in [0, 0.05) is 12.5 Å². The number of ether oxygens (including phenoxy) is 1. The van der Waals surface area contributed by atoms with Gasteiger partial charge in [-0.2, -0.15) is 5.10 Å². The quantitative estimate of drug-likeness (QED) is 0.418. The van der Waals surface area contributed by atoms with Crippen molar-refractivity contribution in [3.8, 4) is 11.5 Å². The number of carbonyl (C=O) groups excluding carboxylic acids is 1. The zero-order valence-corrected chi connectivity index (χ0v) is 18.7. The van der Waals surface area contributed by atoms with Crippen LogP contribution in [0.2, 0.25) is 0 Å². The van der Waals surface area contributed by atoms with Crippen LogP contribution in [-0.2, 0) is 28.5 Å². The minimum Gasteiger partial charge on any atom is -0.465 e. The molecular formula is C21H26FN5O2S. The van der Waals surface area contributed by atoms with Gasteiger partial charge in [-0.05, 0) is 30.7 Å². The molecule has 3 rings (SSSR count). The van der Waals surface area contributed by atoms with E-state index in [1.54, 1.807) is 19.1 Å². The molecule has 7 nitrogen and oxygen atoms in total. The number of nitrogens with zero attached hydrogens (tertiary/aromatic N) is 5. The van der Waals surface area contributed by atoms with Gasteiger partial charge < -0.3 is 9.30 Å². The van der Waals surface area contributed by atoms with Crippen LogP contribution in [0.15, 0.2) is 35.5 Å². The van der Waals surface area contributed by atoms with Crippen LogP contribution in [0.3, 0.4) is 0 Å². The van der Waals surface area contributed by atoms with Crippen molar-refractivity contribution in [3.63, 3.8) is 0 Å².